The van der Waals surface area contributed by atoms with Gasteiger partial charge in [-0.3, -0.25) is 9.78 Å². The first kappa shape index (κ1) is 13.2. The lowest BCUT2D eigenvalue weighted by molar-refractivity contribution is 0.0950. The Morgan fingerprint density at radius 3 is 2.68 bits per heavy atom. The van der Waals surface area contributed by atoms with Gasteiger partial charge in [0.1, 0.15) is 0 Å². The molecule has 0 saturated heterocycles. The smallest absolute Gasteiger partial charge is 0.253 e. The van der Waals surface area contributed by atoms with Gasteiger partial charge in [0.2, 0.25) is 0 Å². The van der Waals surface area contributed by atoms with Gasteiger partial charge in [-0.1, -0.05) is 30.3 Å². The SMILES string of the molecule is Cc1ncccc1C(=O)NCC(N)c1ccccc1. The number of carbonyl (C=O) groups excluding carboxylic acids is 1. The number of amides is 1. The molecule has 4 heteroatoms. The first-order valence-corrected chi connectivity index (χ1v) is 6.19. The number of nitrogens with two attached hydrogens (primary N) is 1. The molecule has 19 heavy (non-hydrogen) atoms. The van der Waals surface area contributed by atoms with E-state index in [0.29, 0.717) is 17.8 Å². The molecule has 98 valence electrons. The lowest BCUT2D eigenvalue weighted by atomic mass is 10.1. The van der Waals surface area contributed by atoms with Gasteiger partial charge in [0, 0.05) is 24.5 Å². The van der Waals surface area contributed by atoms with Crippen LogP contribution in [0.3, 0.4) is 0 Å². The van der Waals surface area contributed by atoms with Crippen LogP contribution in [-0.2, 0) is 0 Å². The maximum absolute atomic E-state index is 12.0. The van der Waals surface area contributed by atoms with Gasteiger partial charge in [0.15, 0.2) is 0 Å². The number of carbonyl (C=O) groups is 1. The van der Waals surface area contributed by atoms with E-state index >= 15 is 0 Å². The van der Waals surface area contributed by atoms with Gasteiger partial charge in [0.05, 0.1) is 5.56 Å². The quantitative estimate of drug-likeness (QED) is 0.875. The Labute approximate surface area is 112 Å². The summed E-state index contributed by atoms with van der Waals surface area (Å²) < 4.78 is 0. The molecule has 0 bridgehead atoms. The summed E-state index contributed by atoms with van der Waals surface area (Å²) in [4.78, 5) is 16.1. The molecule has 0 aliphatic rings. The van der Waals surface area contributed by atoms with Crippen molar-refractivity contribution in [3.63, 3.8) is 0 Å². The van der Waals surface area contributed by atoms with Gasteiger partial charge in [0.25, 0.3) is 5.91 Å². The summed E-state index contributed by atoms with van der Waals surface area (Å²) >= 11 is 0. The van der Waals surface area contributed by atoms with Crippen LogP contribution < -0.4 is 11.1 Å². The third-order valence-electron chi connectivity index (χ3n) is 2.96. The maximum Gasteiger partial charge on any atom is 0.253 e. The highest BCUT2D eigenvalue weighted by molar-refractivity contribution is 5.95. The van der Waals surface area contributed by atoms with Gasteiger partial charge in [-0.15, -0.1) is 0 Å². The Balaban J connectivity index is 1.96. The van der Waals surface area contributed by atoms with E-state index in [-0.39, 0.29) is 11.9 Å². The largest absolute Gasteiger partial charge is 0.350 e. The fourth-order valence-corrected chi connectivity index (χ4v) is 1.84. The number of aromatic nitrogens is 1. The highest BCUT2D eigenvalue weighted by atomic mass is 16.1. The molecule has 0 radical (unpaired) electrons. The van der Waals surface area contributed by atoms with E-state index in [2.05, 4.69) is 10.3 Å². The lowest BCUT2D eigenvalue weighted by Crippen LogP contribution is -2.32. The number of aryl methyl sites for hydroxylation is 1. The maximum atomic E-state index is 12.0. The number of nitrogens with one attached hydrogen (secondary N) is 1. The van der Waals surface area contributed by atoms with Crippen molar-refractivity contribution in [3.05, 3.63) is 65.5 Å². The minimum atomic E-state index is -0.206. The van der Waals surface area contributed by atoms with E-state index in [4.69, 9.17) is 5.73 Å². The van der Waals surface area contributed by atoms with E-state index in [1.165, 1.54) is 0 Å². The zero-order valence-electron chi connectivity index (χ0n) is 10.8. The van der Waals surface area contributed by atoms with Crippen molar-refractivity contribution in [2.75, 3.05) is 6.54 Å². The lowest BCUT2D eigenvalue weighted by Gasteiger charge is -2.13. The molecule has 2 aromatic rings. The van der Waals surface area contributed by atoms with E-state index in [9.17, 15) is 4.79 Å². The second kappa shape index (κ2) is 6.11. The van der Waals surface area contributed by atoms with Crippen LogP contribution in [-0.4, -0.2) is 17.4 Å². The molecule has 3 N–H and O–H groups in total. The van der Waals surface area contributed by atoms with Crippen molar-refractivity contribution < 1.29 is 4.79 Å². The number of hydrogen-bond donors (Lipinski definition) is 2. The van der Waals surface area contributed by atoms with Crippen molar-refractivity contribution in [1.82, 2.24) is 10.3 Å². The highest BCUT2D eigenvalue weighted by Crippen LogP contribution is 2.09. The second-order valence-corrected chi connectivity index (χ2v) is 4.36. The van der Waals surface area contributed by atoms with Crippen LogP contribution >= 0.6 is 0 Å². The zero-order valence-corrected chi connectivity index (χ0v) is 10.8. The first-order valence-electron chi connectivity index (χ1n) is 6.19. The van der Waals surface area contributed by atoms with Gasteiger partial charge in [-0.2, -0.15) is 0 Å². The van der Waals surface area contributed by atoms with Crippen LogP contribution in [0.2, 0.25) is 0 Å². The van der Waals surface area contributed by atoms with Crippen LogP contribution in [0.25, 0.3) is 0 Å². The molecule has 1 atom stereocenters. The van der Waals surface area contributed by atoms with E-state index in [1.54, 1.807) is 18.3 Å². The average molecular weight is 255 g/mol. The van der Waals surface area contributed by atoms with E-state index in [0.717, 1.165) is 5.56 Å². The number of rotatable bonds is 4. The molecule has 2 rings (SSSR count). The van der Waals surface area contributed by atoms with Crippen LogP contribution in [0, 0.1) is 6.92 Å². The van der Waals surface area contributed by atoms with E-state index < -0.39 is 0 Å². The monoisotopic (exact) mass is 255 g/mol. The number of nitrogens with zero attached hydrogens (tertiary/aromatic N) is 1. The van der Waals surface area contributed by atoms with Crippen molar-refractivity contribution in [1.29, 1.82) is 0 Å². The van der Waals surface area contributed by atoms with Gasteiger partial charge < -0.3 is 11.1 Å². The Hall–Kier alpha value is -2.20. The summed E-state index contributed by atoms with van der Waals surface area (Å²) in [5.41, 5.74) is 8.34. The standard InChI is InChI=1S/C15H17N3O/c1-11-13(8-5-9-17-11)15(19)18-10-14(16)12-6-3-2-4-7-12/h2-9,14H,10,16H2,1H3,(H,18,19). The molecule has 0 saturated carbocycles. The third-order valence-corrected chi connectivity index (χ3v) is 2.96. The van der Waals surface area contributed by atoms with Gasteiger partial charge in [-0.25, -0.2) is 0 Å². The topological polar surface area (TPSA) is 68.0 Å². The summed E-state index contributed by atoms with van der Waals surface area (Å²) in [7, 11) is 0. The Morgan fingerprint density at radius 2 is 2.00 bits per heavy atom. The Kier molecular flexibility index (Phi) is 4.26. The van der Waals surface area contributed by atoms with Crippen LogP contribution in [0.4, 0.5) is 0 Å². The minimum absolute atomic E-state index is 0.142. The minimum Gasteiger partial charge on any atom is -0.350 e. The Morgan fingerprint density at radius 1 is 1.26 bits per heavy atom. The summed E-state index contributed by atoms with van der Waals surface area (Å²) in [5, 5.41) is 2.83. The van der Waals surface area contributed by atoms with Gasteiger partial charge >= 0.3 is 0 Å². The highest BCUT2D eigenvalue weighted by Gasteiger charge is 2.11. The molecule has 1 amide bonds. The first-order chi connectivity index (χ1) is 9.18. The molecule has 1 aromatic heterocycles. The van der Waals surface area contributed by atoms with Crippen molar-refractivity contribution >= 4 is 5.91 Å². The predicted octanol–water partition coefficient (Wildman–Crippen LogP) is 1.82. The molecule has 4 nitrogen and oxygen atoms in total. The van der Waals surface area contributed by atoms with E-state index in [1.807, 2.05) is 37.3 Å². The summed E-state index contributed by atoms with van der Waals surface area (Å²) in [6, 6.07) is 13.0. The molecule has 0 fully saturated rings. The molecular weight excluding hydrogens is 238 g/mol. The van der Waals surface area contributed by atoms with Crippen molar-refractivity contribution in [3.8, 4) is 0 Å². The molecule has 1 aromatic carbocycles. The number of hydrogen-bond acceptors (Lipinski definition) is 3. The van der Waals surface area contributed by atoms with Crippen LogP contribution in [0.5, 0.6) is 0 Å². The fraction of sp³-hybridized carbons (Fsp3) is 0.200. The predicted molar refractivity (Wildman–Crippen MR) is 74.7 cm³/mol. The fourth-order valence-electron chi connectivity index (χ4n) is 1.84. The molecule has 0 aliphatic carbocycles. The number of pyridine rings is 1. The average Bonchev–Trinajstić information content (AvgIpc) is 2.46. The van der Waals surface area contributed by atoms with Crippen molar-refractivity contribution in [2.45, 2.75) is 13.0 Å². The van der Waals surface area contributed by atoms with Crippen molar-refractivity contribution in [2.24, 2.45) is 5.73 Å². The summed E-state index contributed by atoms with van der Waals surface area (Å²) in [5.74, 6) is -0.142. The summed E-state index contributed by atoms with van der Waals surface area (Å²) in [6.07, 6.45) is 1.67. The second-order valence-electron chi connectivity index (χ2n) is 4.36. The summed E-state index contributed by atoms with van der Waals surface area (Å²) in [6.45, 7) is 2.21. The Bertz CT molecular complexity index is 554. The van der Waals surface area contributed by atoms with Crippen LogP contribution in [0.1, 0.15) is 27.7 Å². The zero-order chi connectivity index (χ0) is 13.7. The molecule has 1 unspecified atom stereocenters. The molecular formula is C15H17N3O. The number of benzene rings is 1. The molecule has 1 heterocycles. The van der Waals surface area contributed by atoms with Gasteiger partial charge in [-0.05, 0) is 24.6 Å². The third kappa shape index (κ3) is 3.39. The normalized spacial score (nSPS) is 11.9. The molecule has 0 aliphatic heterocycles. The molecule has 0 spiro atoms. The van der Waals surface area contributed by atoms with Crippen LogP contribution in [0.15, 0.2) is 48.7 Å².